The second-order valence-corrected chi connectivity index (χ2v) is 5.22. The third-order valence-corrected chi connectivity index (χ3v) is 3.15. The quantitative estimate of drug-likeness (QED) is 0.246. The van der Waals surface area contributed by atoms with Gasteiger partial charge >= 0.3 is 25.4 Å². The summed E-state index contributed by atoms with van der Waals surface area (Å²) in [5, 5.41) is 26.9. The average Bonchev–Trinajstić information content (AvgIpc) is 2.42. The van der Waals surface area contributed by atoms with Crippen LogP contribution in [0.15, 0.2) is 11.3 Å². The first kappa shape index (κ1) is 23.2. The van der Waals surface area contributed by atoms with E-state index in [9.17, 15) is 0 Å². The van der Waals surface area contributed by atoms with Crippen molar-refractivity contribution in [3.05, 3.63) is 23.0 Å². The maximum Gasteiger partial charge on any atom is 2.00 e. The fourth-order valence-corrected chi connectivity index (χ4v) is 1.33. The first-order valence-electron chi connectivity index (χ1n) is 5.73. The molecular formula is C12H19N3O4S2Zn+4. The summed E-state index contributed by atoms with van der Waals surface area (Å²) in [6.07, 6.45) is 4.86. The fourth-order valence-electron chi connectivity index (χ4n) is 1.13. The zero-order valence-corrected chi connectivity index (χ0v) is 17.2. The molecule has 0 aliphatic rings. The van der Waals surface area contributed by atoms with E-state index in [2.05, 4.69) is 15.5 Å². The Balaban J connectivity index is 0. The van der Waals surface area contributed by atoms with Gasteiger partial charge in [-0.1, -0.05) is 24.0 Å². The normalized spacial score (nSPS) is 9.45. The molecule has 0 spiro atoms. The molecule has 0 atom stereocenters. The number of aliphatic hydroxyl groups is 1. The van der Waals surface area contributed by atoms with Gasteiger partial charge in [-0.25, -0.2) is 0 Å². The molecule has 1 aromatic rings. The molecule has 0 aliphatic carbocycles. The molecule has 0 saturated heterocycles. The van der Waals surface area contributed by atoms with E-state index in [0.29, 0.717) is 21.1 Å². The summed E-state index contributed by atoms with van der Waals surface area (Å²) in [5.74, 6) is -0.322. The van der Waals surface area contributed by atoms with E-state index in [-0.39, 0.29) is 31.8 Å². The number of aliphatic hydroxyl groups excluding tert-OH is 1. The van der Waals surface area contributed by atoms with Crippen molar-refractivity contribution in [3.63, 3.8) is 0 Å². The first-order valence-corrected chi connectivity index (χ1v) is 7.36. The molecule has 10 heteroatoms. The van der Waals surface area contributed by atoms with Crippen LogP contribution in [0.5, 0.6) is 5.75 Å². The molecule has 0 aromatic carbocycles. The minimum atomic E-state index is -0.583. The smallest absolute Gasteiger partial charge is 0.592 e. The van der Waals surface area contributed by atoms with Gasteiger partial charge in [-0.05, 0) is 13.2 Å². The van der Waals surface area contributed by atoms with Gasteiger partial charge < -0.3 is 15.3 Å². The third kappa shape index (κ3) is 9.04. The predicted octanol–water partition coefficient (Wildman–Crippen LogP) is 0.147. The Morgan fingerprint density at radius 3 is 2.64 bits per heavy atom. The molecule has 7 nitrogen and oxygen atoms in total. The molecule has 1 heterocycles. The predicted molar refractivity (Wildman–Crippen MR) is 89.1 cm³/mol. The number of carbonyl (C=O) groups is 1. The number of hydrogen-bond donors (Lipinski definition) is 2. The Labute approximate surface area is 151 Å². The van der Waals surface area contributed by atoms with Crippen molar-refractivity contribution in [2.45, 2.75) is 20.5 Å². The van der Waals surface area contributed by atoms with Crippen molar-refractivity contribution in [1.29, 1.82) is 0 Å². The summed E-state index contributed by atoms with van der Waals surface area (Å²) in [6.45, 7) is 2.76. The van der Waals surface area contributed by atoms with Crippen LogP contribution in [0, 0.1) is 6.92 Å². The number of thiocarbonyl (C=S) groups is 1. The molecule has 22 heavy (non-hydrogen) atoms. The maximum atomic E-state index is 9.15. The molecule has 116 valence electrons. The second kappa shape index (κ2) is 12.5. The summed E-state index contributed by atoms with van der Waals surface area (Å²) >= 11 is 6.30. The summed E-state index contributed by atoms with van der Waals surface area (Å²) in [4.78, 5) is 13.1. The monoisotopic (exact) mass is 397 g/mol. The number of nitrogens with one attached hydrogen (secondary N) is 1. The minimum Gasteiger partial charge on any atom is -0.592 e. The van der Waals surface area contributed by atoms with E-state index in [0.717, 1.165) is 0 Å². The Bertz CT molecular complexity index is 537. The van der Waals surface area contributed by atoms with Crippen molar-refractivity contribution in [2.75, 3.05) is 6.26 Å². The van der Waals surface area contributed by atoms with Crippen LogP contribution in [0.25, 0.3) is 0 Å². The van der Waals surface area contributed by atoms with Crippen molar-refractivity contribution >= 4 is 40.5 Å². The summed E-state index contributed by atoms with van der Waals surface area (Å²) < 4.78 is 0.545. The van der Waals surface area contributed by atoms with Gasteiger partial charge in [-0.15, -0.1) is 0 Å². The molecule has 0 saturated carbocycles. The molecule has 0 amide bonds. The van der Waals surface area contributed by atoms with E-state index in [1.165, 1.54) is 24.9 Å². The van der Waals surface area contributed by atoms with Crippen LogP contribution in [-0.2, 0) is 30.9 Å². The molecule has 0 fully saturated rings. The number of hydrazone groups is 1. The van der Waals surface area contributed by atoms with Crippen LogP contribution in [0.3, 0.4) is 0 Å². The number of rotatable bonds is 3. The Hall–Kier alpha value is -1.09. The molecular weight excluding hydrogens is 380 g/mol. The van der Waals surface area contributed by atoms with Gasteiger partial charge in [0.05, 0.1) is 25.3 Å². The number of aromatic nitrogens is 1. The molecule has 0 bridgehead atoms. The van der Waals surface area contributed by atoms with Gasteiger partial charge in [-0.2, -0.15) is 5.10 Å². The third-order valence-electron chi connectivity index (χ3n) is 2.10. The fraction of sp³-hybridized carbons (Fsp3) is 0.333. The Morgan fingerprint density at radius 2 is 2.18 bits per heavy atom. The average molecular weight is 399 g/mol. The van der Waals surface area contributed by atoms with Crippen molar-refractivity contribution in [2.24, 2.45) is 5.10 Å². The van der Waals surface area contributed by atoms with E-state index >= 15 is 0 Å². The minimum absolute atomic E-state index is 0. The first-order chi connectivity index (χ1) is 9.83. The zero-order valence-electron chi connectivity index (χ0n) is 12.6. The summed E-state index contributed by atoms with van der Waals surface area (Å²) in [7, 11) is 0. The van der Waals surface area contributed by atoms with Crippen LogP contribution < -0.4 is 5.43 Å². The van der Waals surface area contributed by atoms with Crippen LogP contribution in [-0.4, -0.2) is 43.1 Å². The van der Waals surface area contributed by atoms with Gasteiger partial charge in [-0.3, -0.25) is 10.4 Å². The number of aryl methyl sites for hydroxylation is 1. The zero-order chi connectivity index (χ0) is 16.4. The van der Waals surface area contributed by atoms with Crippen LogP contribution in [0.4, 0.5) is 0 Å². The van der Waals surface area contributed by atoms with E-state index in [1.54, 1.807) is 13.1 Å². The van der Waals surface area contributed by atoms with Crippen LogP contribution >= 0.6 is 24.0 Å². The summed E-state index contributed by atoms with van der Waals surface area (Å²) in [5.41, 5.74) is 4.37. The van der Waals surface area contributed by atoms with E-state index < -0.39 is 5.97 Å². The SMILES string of the molecule is CC(=O)[OH2+].CSC(=S)NN=Cc1c(CO)cnc(C)c1[OH2+].[Zn+2]. The largest absolute Gasteiger partial charge is 2.00 e. The van der Waals surface area contributed by atoms with Crippen LogP contribution in [0.1, 0.15) is 23.7 Å². The summed E-state index contributed by atoms with van der Waals surface area (Å²) in [6, 6.07) is 0. The Morgan fingerprint density at radius 1 is 1.64 bits per heavy atom. The van der Waals surface area contributed by atoms with Crippen molar-refractivity contribution in [3.8, 4) is 5.75 Å². The molecule has 0 aliphatic heterocycles. The van der Waals surface area contributed by atoms with E-state index in [4.69, 9.17) is 32.3 Å². The second-order valence-electron chi connectivity index (χ2n) is 3.73. The van der Waals surface area contributed by atoms with Gasteiger partial charge in [0.2, 0.25) is 0 Å². The van der Waals surface area contributed by atoms with Crippen LogP contribution in [0.2, 0.25) is 0 Å². The number of nitrogens with zero attached hydrogens (tertiary/aromatic N) is 2. The standard InChI is InChI=1S/C10H13N3O2S2.C2H4O2.Zn/c1-6-9(15)8(7(5-14)3-11-6)4-12-13-10(16)17-2;1-2(3)4;/h3-4,14-15H,5H2,1-2H3,(H,13,16);1H3,(H,3,4);/q;;+2/p+2. The molecule has 1 rings (SSSR count). The number of pyridine rings is 1. The molecule has 6 N–H and O–H groups in total. The Kier molecular flexibility index (Phi) is 13.1. The van der Waals surface area contributed by atoms with Crippen molar-refractivity contribution < 1.29 is 39.6 Å². The van der Waals surface area contributed by atoms with E-state index in [1.807, 2.05) is 6.26 Å². The van der Waals surface area contributed by atoms with Gasteiger partial charge in [0.15, 0.2) is 4.32 Å². The van der Waals surface area contributed by atoms with Gasteiger partial charge in [0.1, 0.15) is 5.69 Å². The number of carbonyl (C=O) groups excluding carboxylic acids is 1. The van der Waals surface area contributed by atoms with Crippen molar-refractivity contribution in [1.82, 2.24) is 10.4 Å². The molecule has 0 unspecified atom stereocenters. The maximum absolute atomic E-state index is 9.15. The molecule has 1 aromatic heterocycles. The topological polar surface area (TPSA) is 120 Å². The number of thioether (sulfide) groups is 1. The van der Waals surface area contributed by atoms with Gasteiger partial charge in [0, 0.05) is 16.6 Å². The van der Waals surface area contributed by atoms with Gasteiger partial charge in [0.25, 0.3) is 5.75 Å². The number of hydrogen-bond acceptors (Lipinski definition) is 6. The molecule has 0 radical (unpaired) electrons.